The number of benzene rings is 2. The number of aromatic nitrogens is 1. The lowest BCUT2D eigenvalue weighted by atomic mass is 10.1. The summed E-state index contributed by atoms with van der Waals surface area (Å²) >= 11 is 1.31. The van der Waals surface area contributed by atoms with E-state index in [1.54, 1.807) is 17.3 Å². The molecule has 0 bridgehead atoms. The highest BCUT2D eigenvalue weighted by molar-refractivity contribution is 7.13. The molecule has 0 aliphatic rings. The summed E-state index contributed by atoms with van der Waals surface area (Å²) < 4.78 is 37.9. The van der Waals surface area contributed by atoms with Crippen LogP contribution in [0.25, 0.3) is 10.6 Å². The highest BCUT2D eigenvalue weighted by atomic mass is 32.1. The molecule has 0 unspecified atom stereocenters. The van der Waals surface area contributed by atoms with Gasteiger partial charge in [-0.1, -0.05) is 42.5 Å². The number of nitrogens with zero attached hydrogens (tertiary/aromatic N) is 2. The van der Waals surface area contributed by atoms with Crippen LogP contribution in [-0.4, -0.2) is 22.8 Å². The average molecular weight is 390 g/mol. The number of hydrogen-bond donors (Lipinski definition) is 0. The SMILES string of the molecule is CN(Cc1ccccc1)C(=O)Cc1csc(-c2ccc(C(F)(F)F)cc2)n1. The predicted octanol–water partition coefficient (Wildman–Crippen LogP) is 5.03. The maximum absolute atomic E-state index is 12.6. The van der Waals surface area contributed by atoms with Crippen LogP contribution in [0.4, 0.5) is 13.2 Å². The molecule has 1 aromatic heterocycles. The monoisotopic (exact) mass is 390 g/mol. The van der Waals surface area contributed by atoms with Gasteiger partial charge in [0.15, 0.2) is 0 Å². The Bertz CT molecular complexity index is 905. The summed E-state index contributed by atoms with van der Waals surface area (Å²) in [6.07, 6.45) is -4.21. The van der Waals surface area contributed by atoms with E-state index in [0.29, 0.717) is 22.8 Å². The van der Waals surface area contributed by atoms with E-state index in [1.807, 2.05) is 30.3 Å². The zero-order valence-corrected chi connectivity index (χ0v) is 15.3. The van der Waals surface area contributed by atoms with Gasteiger partial charge in [0.05, 0.1) is 17.7 Å². The van der Waals surface area contributed by atoms with Crippen molar-refractivity contribution >= 4 is 17.2 Å². The first-order chi connectivity index (χ1) is 12.8. The van der Waals surface area contributed by atoms with Gasteiger partial charge < -0.3 is 4.90 Å². The van der Waals surface area contributed by atoms with Crippen molar-refractivity contribution in [3.8, 4) is 10.6 Å². The van der Waals surface area contributed by atoms with Gasteiger partial charge in [-0.15, -0.1) is 11.3 Å². The summed E-state index contributed by atoms with van der Waals surface area (Å²) in [6, 6.07) is 14.5. The standard InChI is InChI=1S/C20H17F3N2OS/c1-25(12-14-5-3-2-4-6-14)18(26)11-17-13-27-19(24-17)15-7-9-16(10-8-15)20(21,22)23/h2-10,13H,11-12H2,1H3. The molecule has 140 valence electrons. The molecule has 0 atom stereocenters. The molecule has 0 fully saturated rings. The van der Waals surface area contributed by atoms with Gasteiger partial charge in [-0.3, -0.25) is 4.79 Å². The van der Waals surface area contributed by atoms with Crippen molar-refractivity contribution in [2.24, 2.45) is 0 Å². The fourth-order valence-corrected chi connectivity index (χ4v) is 3.38. The number of rotatable bonds is 5. The Morgan fingerprint density at radius 1 is 1.07 bits per heavy atom. The van der Waals surface area contributed by atoms with Crippen LogP contribution in [-0.2, 0) is 23.9 Å². The lowest BCUT2D eigenvalue weighted by Gasteiger charge is -2.16. The molecule has 0 aliphatic heterocycles. The molecule has 0 radical (unpaired) electrons. The number of thiazole rings is 1. The molecule has 7 heteroatoms. The minimum atomic E-state index is -4.36. The first kappa shape index (κ1) is 19.1. The van der Waals surface area contributed by atoms with Gasteiger partial charge in [-0.25, -0.2) is 4.98 Å². The smallest absolute Gasteiger partial charge is 0.341 e. The molecule has 27 heavy (non-hydrogen) atoms. The van der Waals surface area contributed by atoms with Crippen molar-refractivity contribution in [2.75, 3.05) is 7.05 Å². The average Bonchev–Trinajstić information content (AvgIpc) is 3.10. The van der Waals surface area contributed by atoms with E-state index < -0.39 is 11.7 Å². The third-order valence-electron chi connectivity index (χ3n) is 4.03. The Labute approximate surface area is 159 Å². The van der Waals surface area contributed by atoms with Gasteiger partial charge in [0.1, 0.15) is 5.01 Å². The summed E-state index contributed by atoms with van der Waals surface area (Å²) in [6.45, 7) is 0.509. The molecule has 0 spiro atoms. The fourth-order valence-electron chi connectivity index (χ4n) is 2.56. The number of amides is 1. The van der Waals surface area contributed by atoms with Crippen LogP contribution in [0.15, 0.2) is 60.0 Å². The van der Waals surface area contributed by atoms with E-state index in [-0.39, 0.29) is 12.3 Å². The molecule has 3 rings (SSSR count). The van der Waals surface area contributed by atoms with Crippen molar-refractivity contribution in [3.63, 3.8) is 0 Å². The second-order valence-corrected chi connectivity index (χ2v) is 6.99. The lowest BCUT2D eigenvalue weighted by molar-refractivity contribution is -0.137. The summed E-state index contributed by atoms with van der Waals surface area (Å²) in [4.78, 5) is 18.4. The molecular formula is C20H17F3N2OS. The molecule has 3 aromatic rings. The Hall–Kier alpha value is -2.67. The zero-order chi connectivity index (χ0) is 19.4. The lowest BCUT2D eigenvalue weighted by Crippen LogP contribution is -2.27. The summed E-state index contributed by atoms with van der Waals surface area (Å²) in [7, 11) is 1.73. The number of likely N-dealkylation sites (N-methyl/N-ethyl adjacent to an activating group) is 1. The van der Waals surface area contributed by atoms with Crippen molar-refractivity contribution in [2.45, 2.75) is 19.1 Å². The molecule has 0 saturated carbocycles. The summed E-state index contributed by atoms with van der Waals surface area (Å²) in [5.41, 5.74) is 1.56. The minimum Gasteiger partial charge on any atom is -0.341 e. The van der Waals surface area contributed by atoms with Gasteiger partial charge in [0.25, 0.3) is 0 Å². The van der Waals surface area contributed by atoms with Crippen molar-refractivity contribution in [3.05, 3.63) is 76.8 Å². The molecule has 0 saturated heterocycles. The zero-order valence-electron chi connectivity index (χ0n) is 14.5. The highest BCUT2D eigenvalue weighted by Crippen LogP contribution is 2.31. The van der Waals surface area contributed by atoms with Crippen LogP contribution >= 0.6 is 11.3 Å². The molecule has 1 amide bonds. The maximum atomic E-state index is 12.6. The van der Waals surface area contributed by atoms with E-state index in [9.17, 15) is 18.0 Å². The summed E-state index contributed by atoms with van der Waals surface area (Å²) in [5.74, 6) is -0.0666. The topological polar surface area (TPSA) is 33.2 Å². The maximum Gasteiger partial charge on any atom is 0.416 e. The molecule has 3 nitrogen and oxygen atoms in total. The van der Waals surface area contributed by atoms with Gasteiger partial charge >= 0.3 is 6.18 Å². The third kappa shape index (κ3) is 4.95. The third-order valence-corrected chi connectivity index (χ3v) is 4.97. The largest absolute Gasteiger partial charge is 0.416 e. The number of hydrogen-bond acceptors (Lipinski definition) is 3. The number of alkyl halides is 3. The van der Waals surface area contributed by atoms with Crippen LogP contribution in [0.3, 0.4) is 0 Å². The number of carbonyl (C=O) groups is 1. The molecule has 0 aliphatic carbocycles. The van der Waals surface area contributed by atoms with Crippen LogP contribution in [0.1, 0.15) is 16.8 Å². The van der Waals surface area contributed by atoms with Gasteiger partial charge in [-0.2, -0.15) is 13.2 Å². The second kappa shape index (κ2) is 7.92. The fraction of sp³-hybridized carbons (Fsp3) is 0.200. The Morgan fingerprint density at radius 2 is 1.74 bits per heavy atom. The van der Waals surface area contributed by atoms with Crippen LogP contribution in [0.2, 0.25) is 0 Å². The molecule has 2 aromatic carbocycles. The molecular weight excluding hydrogens is 373 g/mol. The highest BCUT2D eigenvalue weighted by Gasteiger charge is 2.30. The minimum absolute atomic E-state index is 0.0666. The van der Waals surface area contributed by atoms with Gasteiger partial charge in [0, 0.05) is 24.5 Å². The first-order valence-corrected chi connectivity index (χ1v) is 9.11. The van der Waals surface area contributed by atoms with Gasteiger partial charge in [-0.05, 0) is 17.7 Å². The Morgan fingerprint density at radius 3 is 2.37 bits per heavy atom. The molecule has 0 N–H and O–H groups in total. The van der Waals surface area contributed by atoms with Crippen molar-refractivity contribution in [1.29, 1.82) is 0 Å². The summed E-state index contributed by atoms with van der Waals surface area (Å²) in [5, 5.41) is 2.36. The Kier molecular flexibility index (Phi) is 5.60. The van der Waals surface area contributed by atoms with Crippen LogP contribution in [0.5, 0.6) is 0 Å². The normalized spacial score (nSPS) is 11.4. The van der Waals surface area contributed by atoms with E-state index in [4.69, 9.17) is 0 Å². The van der Waals surface area contributed by atoms with E-state index in [2.05, 4.69) is 4.98 Å². The van der Waals surface area contributed by atoms with Crippen molar-refractivity contribution < 1.29 is 18.0 Å². The number of halogens is 3. The van der Waals surface area contributed by atoms with E-state index in [1.165, 1.54) is 23.5 Å². The van der Waals surface area contributed by atoms with E-state index in [0.717, 1.165) is 17.7 Å². The van der Waals surface area contributed by atoms with Gasteiger partial charge in [0.2, 0.25) is 5.91 Å². The number of carbonyl (C=O) groups excluding carboxylic acids is 1. The van der Waals surface area contributed by atoms with Crippen LogP contribution in [0, 0.1) is 0 Å². The quantitative estimate of drug-likeness (QED) is 0.612. The predicted molar refractivity (Wildman–Crippen MR) is 99.2 cm³/mol. The second-order valence-electron chi connectivity index (χ2n) is 6.13. The van der Waals surface area contributed by atoms with Crippen molar-refractivity contribution in [1.82, 2.24) is 9.88 Å². The van der Waals surface area contributed by atoms with E-state index >= 15 is 0 Å². The molecule has 1 heterocycles. The Balaban J connectivity index is 1.64. The van der Waals surface area contributed by atoms with Crippen LogP contribution < -0.4 is 0 Å². The first-order valence-electron chi connectivity index (χ1n) is 8.23.